The molecule has 38 heavy (non-hydrogen) atoms. The molecule has 0 aromatic carbocycles. The highest BCUT2D eigenvalue weighted by Gasteiger charge is 2.53. The summed E-state index contributed by atoms with van der Waals surface area (Å²) < 4.78 is 119. The lowest BCUT2D eigenvalue weighted by atomic mass is 9.94. The summed E-state index contributed by atoms with van der Waals surface area (Å²) in [6, 6.07) is -0.169. The van der Waals surface area contributed by atoms with Crippen LogP contribution < -0.4 is 5.32 Å². The minimum atomic E-state index is -5.48. The highest BCUT2D eigenvalue weighted by Crippen LogP contribution is 2.31. The number of rotatable bonds is 12. The van der Waals surface area contributed by atoms with Crippen LogP contribution >= 0.6 is 0 Å². The van der Waals surface area contributed by atoms with Gasteiger partial charge in [0.25, 0.3) is 0 Å². The van der Waals surface area contributed by atoms with Gasteiger partial charge in [0.2, 0.25) is 11.8 Å². The third kappa shape index (κ3) is 10.6. The molecule has 0 spiro atoms. The van der Waals surface area contributed by atoms with Crippen LogP contribution in [0.15, 0.2) is 0 Å². The van der Waals surface area contributed by atoms with Crippen LogP contribution in [-0.2, 0) is 62.8 Å². The van der Waals surface area contributed by atoms with Crippen molar-refractivity contribution in [3.63, 3.8) is 0 Å². The van der Waals surface area contributed by atoms with Crippen molar-refractivity contribution in [2.75, 3.05) is 20.2 Å². The van der Waals surface area contributed by atoms with Crippen LogP contribution in [0, 0.1) is 0 Å². The normalized spacial score (nSPS) is 27.6. The van der Waals surface area contributed by atoms with Crippen LogP contribution in [-0.4, -0.2) is 113 Å². The van der Waals surface area contributed by atoms with Crippen LogP contribution in [0.4, 0.5) is 0 Å². The highest BCUT2D eigenvalue weighted by molar-refractivity contribution is 7.81. The third-order valence-corrected chi connectivity index (χ3v) is 7.15. The predicted molar refractivity (Wildman–Crippen MR) is 122 cm³/mol. The maximum absolute atomic E-state index is 12.6. The van der Waals surface area contributed by atoms with Crippen molar-refractivity contribution in [1.82, 2.24) is 10.2 Å². The van der Waals surface area contributed by atoms with E-state index < -0.39 is 74.4 Å². The second kappa shape index (κ2) is 13.2. The molecule has 0 bridgehead atoms. The molecular weight excluding hydrogens is 584 g/mol. The summed E-state index contributed by atoms with van der Waals surface area (Å²) in [6.07, 6.45) is -6.57. The zero-order chi connectivity index (χ0) is 28.9. The number of carbonyl (C=O) groups is 2. The molecule has 21 heteroatoms. The number of hydrogen-bond donors (Lipinski definition) is 4. The molecule has 18 nitrogen and oxygen atoms in total. The maximum Gasteiger partial charge on any atom is 0.397 e. The number of methoxy groups -OCH3 is 1. The summed E-state index contributed by atoms with van der Waals surface area (Å²) >= 11 is 0. The first kappa shape index (κ1) is 32.7. The molecule has 2 amide bonds. The van der Waals surface area contributed by atoms with Crippen LogP contribution in [0.2, 0.25) is 0 Å². The predicted octanol–water partition coefficient (Wildman–Crippen LogP) is -1.78. The number of hydrogen-bond acceptors (Lipinski definition) is 13. The van der Waals surface area contributed by atoms with Gasteiger partial charge in [0.1, 0.15) is 18.3 Å². The first-order chi connectivity index (χ1) is 17.4. The van der Waals surface area contributed by atoms with Gasteiger partial charge in [-0.05, 0) is 12.8 Å². The summed E-state index contributed by atoms with van der Waals surface area (Å²) in [6.45, 7) is 0.223. The molecular formula is C17H30N2O16S3. The van der Waals surface area contributed by atoms with Crippen LogP contribution in [0.3, 0.4) is 0 Å². The monoisotopic (exact) mass is 614 g/mol. The number of nitrogens with one attached hydrogen (secondary N) is 1. The second-order valence-corrected chi connectivity index (χ2v) is 11.6. The Kier molecular flexibility index (Phi) is 11.4. The first-order valence-electron chi connectivity index (χ1n) is 11.1. The van der Waals surface area contributed by atoms with E-state index in [2.05, 4.69) is 17.9 Å². The van der Waals surface area contributed by atoms with Crippen molar-refractivity contribution in [2.45, 2.75) is 75.8 Å². The molecule has 0 aromatic heterocycles. The van der Waals surface area contributed by atoms with Crippen molar-refractivity contribution >= 4 is 43.0 Å². The summed E-state index contributed by atoms with van der Waals surface area (Å²) in [5.41, 5.74) is 0. The highest BCUT2D eigenvalue weighted by atomic mass is 32.3. The summed E-state index contributed by atoms with van der Waals surface area (Å²) in [5.74, 6) is -1.10. The fourth-order valence-corrected chi connectivity index (χ4v) is 5.79. The largest absolute Gasteiger partial charge is 0.397 e. The third-order valence-electron chi connectivity index (χ3n) is 5.76. The molecule has 4 N–H and O–H groups in total. The fraction of sp³-hybridized carbons (Fsp3) is 0.882. The van der Waals surface area contributed by atoms with E-state index in [9.17, 15) is 39.4 Å². The summed E-state index contributed by atoms with van der Waals surface area (Å²) in [4.78, 5) is 26.1. The molecule has 1 aliphatic carbocycles. The molecule has 0 unspecified atom stereocenters. The Balaban J connectivity index is 2.31. The maximum atomic E-state index is 12.6. The molecule has 1 heterocycles. The van der Waals surface area contributed by atoms with E-state index in [0.717, 1.165) is 26.4 Å². The molecule has 1 aliphatic heterocycles. The minimum Gasteiger partial charge on any atom is -0.353 e. The van der Waals surface area contributed by atoms with Gasteiger partial charge in [-0.1, -0.05) is 19.3 Å². The van der Waals surface area contributed by atoms with E-state index in [1.165, 1.54) is 11.8 Å². The molecule has 0 aromatic rings. The Morgan fingerprint density at radius 2 is 1.37 bits per heavy atom. The van der Waals surface area contributed by atoms with Gasteiger partial charge >= 0.3 is 31.2 Å². The molecule has 1 saturated heterocycles. The fourth-order valence-electron chi connectivity index (χ4n) is 4.30. The SMILES string of the molecule is CO[C@H]1O[C@H](CNC(=O)CN(C(C)=O)C2CCCCC2)[C@@H](OS(=O)(=O)O)[C@H](OS(=O)(=O)O)[C@@H]1OS(=O)(=O)O. The summed E-state index contributed by atoms with van der Waals surface area (Å²) in [5, 5.41) is 2.34. The van der Waals surface area contributed by atoms with Crippen molar-refractivity contribution in [3.8, 4) is 0 Å². The average molecular weight is 615 g/mol. The standard InChI is InChI=1S/C17H30N2O16S3/c1-10(20)19(11-6-4-3-5-7-11)9-13(21)18-8-12-14(33-36(22,23)24)15(34-37(25,26)27)16(17(31-2)32-12)35-38(28,29)30/h11-12,14-17H,3-9H2,1-2H3,(H,18,21)(H,22,23,24)(H,25,26,27)(H,28,29,30)/t12-,14-,15+,16+,17+/m1/s1. The Labute approximate surface area is 219 Å². The Morgan fingerprint density at radius 1 is 0.868 bits per heavy atom. The van der Waals surface area contributed by atoms with Crippen molar-refractivity contribution in [1.29, 1.82) is 0 Å². The van der Waals surface area contributed by atoms with Gasteiger partial charge in [-0.2, -0.15) is 25.3 Å². The molecule has 2 aliphatic rings. The van der Waals surface area contributed by atoms with E-state index in [0.29, 0.717) is 12.8 Å². The average Bonchev–Trinajstić information content (AvgIpc) is 2.76. The Hall–Kier alpha value is -1.53. The van der Waals surface area contributed by atoms with Crippen LogP contribution in [0.5, 0.6) is 0 Å². The van der Waals surface area contributed by atoms with E-state index in [1.807, 2.05) is 0 Å². The van der Waals surface area contributed by atoms with Gasteiger partial charge < -0.3 is 19.7 Å². The van der Waals surface area contributed by atoms with Gasteiger partial charge in [-0.15, -0.1) is 0 Å². The molecule has 2 rings (SSSR count). The number of amides is 2. The van der Waals surface area contributed by atoms with E-state index in [1.54, 1.807) is 0 Å². The number of ether oxygens (including phenoxy) is 2. The lowest BCUT2D eigenvalue weighted by molar-refractivity contribution is -0.273. The number of nitrogens with zero attached hydrogens (tertiary/aromatic N) is 1. The summed E-state index contributed by atoms with van der Waals surface area (Å²) in [7, 11) is -15.4. The second-order valence-electron chi connectivity index (χ2n) is 8.49. The molecule has 1 saturated carbocycles. The Bertz CT molecular complexity index is 1150. The molecule has 2 fully saturated rings. The first-order valence-corrected chi connectivity index (χ1v) is 15.2. The quantitative estimate of drug-likeness (QED) is 0.177. The van der Waals surface area contributed by atoms with E-state index in [-0.39, 0.29) is 18.5 Å². The van der Waals surface area contributed by atoms with Crippen molar-refractivity contribution in [3.05, 3.63) is 0 Å². The Morgan fingerprint density at radius 3 is 1.84 bits per heavy atom. The van der Waals surface area contributed by atoms with Gasteiger partial charge in [0.05, 0.1) is 6.54 Å². The molecule has 5 atom stereocenters. The number of carbonyl (C=O) groups excluding carboxylic acids is 2. The van der Waals surface area contributed by atoms with Crippen LogP contribution in [0.1, 0.15) is 39.0 Å². The lowest BCUT2D eigenvalue weighted by Gasteiger charge is -2.43. The molecule has 222 valence electrons. The van der Waals surface area contributed by atoms with Crippen molar-refractivity contribution in [2.24, 2.45) is 0 Å². The topological polar surface area (TPSA) is 259 Å². The van der Waals surface area contributed by atoms with Gasteiger partial charge in [-0.3, -0.25) is 23.2 Å². The van der Waals surface area contributed by atoms with Crippen molar-refractivity contribution < 1.29 is 70.5 Å². The van der Waals surface area contributed by atoms with E-state index in [4.69, 9.17) is 18.6 Å². The zero-order valence-corrected chi connectivity index (χ0v) is 22.7. The lowest BCUT2D eigenvalue weighted by Crippen LogP contribution is -2.64. The minimum absolute atomic E-state index is 0.169. The zero-order valence-electron chi connectivity index (χ0n) is 20.2. The van der Waals surface area contributed by atoms with E-state index >= 15 is 0 Å². The van der Waals surface area contributed by atoms with Crippen LogP contribution in [0.25, 0.3) is 0 Å². The van der Waals surface area contributed by atoms with Gasteiger partial charge in [0.15, 0.2) is 12.4 Å². The van der Waals surface area contributed by atoms with Gasteiger partial charge in [0, 0.05) is 26.6 Å². The molecule has 0 radical (unpaired) electrons. The smallest absolute Gasteiger partial charge is 0.353 e. The van der Waals surface area contributed by atoms with Gasteiger partial charge in [-0.25, -0.2) is 12.5 Å².